The summed E-state index contributed by atoms with van der Waals surface area (Å²) in [5.41, 5.74) is -0.552. The molecule has 0 aromatic carbocycles. The van der Waals surface area contributed by atoms with Crippen molar-refractivity contribution in [3.8, 4) is 0 Å². The summed E-state index contributed by atoms with van der Waals surface area (Å²) in [7, 11) is 0. The number of carboxylic acids is 1. The van der Waals surface area contributed by atoms with Crippen LogP contribution in [-0.2, 0) is 14.3 Å². The second kappa shape index (κ2) is 5.56. The molecule has 0 saturated carbocycles. The summed E-state index contributed by atoms with van der Waals surface area (Å²) in [5.74, 6) is -0.957. The Morgan fingerprint density at radius 2 is 2.00 bits per heavy atom. The third kappa shape index (κ3) is 4.52. The van der Waals surface area contributed by atoms with Crippen LogP contribution in [0.5, 0.6) is 0 Å². The predicted octanol–water partition coefficient (Wildman–Crippen LogP) is 1.53. The molecule has 0 spiro atoms. The number of ether oxygens (including phenoxy) is 2. The van der Waals surface area contributed by atoms with Crippen molar-refractivity contribution < 1.29 is 24.2 Å². The first-order valence-corrected chi connectivity index (χ1v) is 6.07. The monoisotopic (exact) mass is 259 g/mol. The van der Waals surface area contributed by atoms with Crippen molar-refractivity contribution in [2.24, 2.45) is 0 Å². The van der Waals surface area contributed by atoms with E-state index in [-0.39, 0.29) is 12.1 Å². The van der Waals surface area contributed by atoms with Gasteiger partial charge in [-0.2, -0.15) is 0 Å². The van der Waals surface area contributed by atoms with E-state index in [1.165, 1.54) is 0 Å². The van der Waals surface area contributed by atoms with Gasteiger partial charge in [0, 0.05) is 0 Å². The Bertz CT molecular complexity index is 323. The predicted molar refractivity (Wildman–Crippen MR) is 64.4 cm³/mol. The Hall–Kier alpha value is -1.30. The first kappa shape index (κ1) is 14.8. The van der Waals surface area contributed by atoms with Gasteiger partial charge in [-0.1, -0.05) is 0 Å². The number of carbonyl (C=O) groups excluding carboxylic acids is 1. The number of amides is 1. The Kier molecular flexibility index (Phi) is 4.56. The third-order valence-corrected chi connectivity index (χ3v) is 2.63. The highest BCUT2D eigenvalue weighted by atomic mass is 16.6. The zero-order valence-electron chi connectivity index (χ0n) is 11.2. The van der Waals surface area contributed by atoms with Crippen molar-refractivity contribution in [2.75, 3.05) is 0 Å². The molecule has 1 saturated heterocycles. The van der Waals surface area contributed by atoms with Gasteiger partial charge < -0.3 is 19.9 Å². The van der Waals surface area contributed by atoms with Crippen LogP contribution in [0.15, 0.2) is 0 Å². The van der Waals surface area contributed by atoms with Crippen molar-refractivity contribution in [1.82, 2.24) is 5.32 Å². The summed E-state index contributed by atoms with van der Waals surface area (Å²) >= 11 is 0. The van der Waals surface area contributed by atoms with Crippen LogP contribution >= 0.6 is 0 Å². The molecule has 0 radical (unpaired) electrons. The van der Waals surface area contributed by atoms with Crippen LogP contribution in [0.1, 0.15) is 40.5 Å². The topological polar surface area (TPSA) is 84.9 Å². The zero-order valence-corrected chi connectivity index (χ0v) is 11.2. The maximum atomic E-state index is 11.5. The molecule has 2 N–H and O–H groups in total. The Labute approximate surface area is 107 Å². The standard InChI is InChI=1S/C12H21NO5/c1-7(13-11(16)18-12(2,3)4)8-5-6-9(17-8)10(14)15/h7-9H,5-6H2,1-4H3,(H,13,16)(H,14,15)/t7-,8-,9+/m1/s1. The second-order valence-electron chi connectivity index (χ2n) is 5.51. The SMILES string of the molecule is C[C@@H](NC(=O)OC(C)(C)C)[C@H]1CC[C@@H](C(=O)O)O1. The van der Waals surface area contributed by atoms with E-state index in [1.807, 2.05) is 0 Å². The lowest BCUT2D eigenvalue weighted by Gasteiger charge is -2.24. The highest BCUT2D eigenvalue weighted by Gasteiger charge is 2.34. The molecule has 6 heteroatoms. The van der Waals surface area contributed by atoms with Gasteiger partial charge in [0.15, 0.2) is 6.10 Å². The highest BCUT2D eigenvalue weighted by molar-refractivity contribution is 5.72. The van der Waals surface area contributed by atoms with E-state index < -0.39 is 23.8 Å². The first-order chi connectivity index (χ1) is 8.19. The number of rotatable bonds is 3. The molecule has 1 heterocycles. The molecular formula is C12H21NO5. The molecular weight excluding hydrogens is 238 g/mol. The molecule has 0 aliphatic carbocycles. The lowest BCUT2D eigenvalue weighted by molar-refractivity contribution is -0.149. The van der Waals surface area contributed by atoms with Gasteiger partial charge in [-0.05, 0) is 40.5 Å². The van der Waals surface area contributed by atoms with E-state index in [4.69, 9.17) is 14.6 Å². The Morgan fingerprint density at radius 3 is 2.44 bits per heavy atom. The van der Waals surface area contributed by atoms with Crippen molar-refractivity contribution in [2.45, 2.75) is 64.4 Å². The molecule has 1 fully saturated rings. The fraction of sp³-hybridized carbons (Fsp3) is 0.833. The molecule has 18 heavy (non-hydrogen) atoms. The van der Waals surface area contributed by atoms with Gasteiger partial charge >= 0.3 is 12.1 Å². The van der Waals surface area contributed by atoms with Gasteiger partial charge in [-0.3, -0.25) is 0 Å². The van der Waals surface area contributed by atoms with Gasteiger partial charge in [0.1, 0.15) is 5.60 Å². The summed E-state index contributed by atoms with van der Waals surface area (Å²) in [6.07, 6.45) is -0.470. The van der Waals surface area contributed by atoms with Crippen LogP contribution in [0.2, 0.25) is 0 Å². The molecule has 104 valence electrons. The van der Waals surface area contributed by atoms with E-state index in [1.54, 1.807) is 27.7 Å². The molecule has 6 nitrogen and oxygen atoms in total. The third-order valence-electron chi connectivity index (χ3n) is 2.63. The maximum absolute atomic E-state index is 11.5. The van der Waals surface area contributed by atoms with Crippen LogP contribution in [0.3, 0.4) is 0 Å². The zero-order chi connectivity index (χ0) is 13.9. The molecule has 0 unspecified atom stereocenters. The number of hydrogen-bond donors (Lipinski definition) is 2. The molecule has 1 aliphatic heterocycles. The van der Waals surface area contributed by atoms with Crippen molar-refractivity contribution in [3.63, 3.8) is 0 Å². The fourth-order valence-corrected chi connectivity index (χ4v) is 1.80. The van der Waals surface area contributed by atoms with Gasteiger partial charge in [0.05, 0.1) is 12.1 Å². The lowest BCUT2D eigenvalue weighted by Crippen LogP contribution is -2.43. The van der Waals surface area contributed by atoms with Crippen molar-refractivity contribution in [3.05, 3.63) is 0 Å². The Balaban J connectivity index is 2.40. The van der Waals surface area contributed by atoms with Crippen molar-refractivity contribution in [1.29, 1.82) is 0 Å². The van der Waals surface area contributed by atoms with Gasteiger partial charge in [0.2, 0.25) is 0 Å². The summed E-state index contributed by atoms with van der Waals surface area (Å²) in [5, 5.41) is 11.5. The number of alkyl carbamates (subject to hydrolysis) is 1. The van der Waals surface area contributed by atoms with Crippen LogP contribution in [-0.4, -0.2) is 41.0 Å². The molecule has 0 bridgehead atoms. The highest BCUT2D eigenvalue weighted by Crippen LogP contribution is 2.22. The molecule has 0 aromatic rings. The molecule has 1 rings (SSSR count). The van der Waals surface area contributed by atoms with Gasteiger partial charge in [-0.15, -0.1) is 0 Å². The minimum Gasteiger partial charge on any atom is -0.479 e. The Morgan fingerprint density at radius 1 is 1.39 bits per heavy atom. The smallest absolute Gasteiger partial charge is 0.407 e. The van der Waals surface area contributed by atoms with Gasteiger partial charge in [-0.25, -0.2) is 9.59 Å². The molecule has 1 aliphatic rings. The quantitative estimate of drug-likeness (QED) is 0.803. The van der Waals surface area contributed by atoms with Gasteiger partial charge in [0.25, 0.3) is 0 Å². The van der Waals surface area contributed by atoms with Crippen molar-refractivity contribution >= 4 is 12.1 Å². The summed E-state index contributed by atoms with van der Waals surface area (Å²) in [6.45, 7) is 7.12. The number of hydrogen-bond acceptors (Lipinski definition) is 4. The van der Waals surface area contributed by atoms with E-state index in [0.717, 1.165) is 0 Å². The minimum atomic E-state index is -0.957. The normalized spacial score (nSPS) is 25.6. The largest absolute Gasteiger partial charge is 0.479 e. The molecule has 0 aromatic heterocycles. The average molecular weight is 259 g/mol. The van der Waals surface area contributed by atoms with E-state index in [0.29, 0.717) is 12.8 Å². The average Bonchev–Trinajstić information content (AvgIpc) is 2.62. The number of carbonyl (C=O) groups is 2. The van der Waals surface area contributed by atoms with E-state index in [9.17, 15) is 9.59 Å². The van der Waals surface area contributed by atoms with E-state index in [2.05, 4.69) is 5.32 Å². The fourth-order valence-electron chi connectivity index (χ4n) is 1.80. The summed E-state index contributed by atoms with van der Waals surface area (Å²) < 4.78 is 10.5. The summed E-state index contributed by atoms with van der Waals surface area (Å²) in [6, 6.07) is -0.274. The maximum Gasteiger partial charge on any atom is 0.407 e. The number of carboxylic acid groups (broad SMARTS) is 1. The number of nitrogens with one attached hydrogen (secondary N) is 1. The minimum absolute atomic E-state index is 0.274. The number of aliphatic carboxylic acids is 1. The van der Waals surface area contributed by atoms with Crippen LogP contribution in [0, 0.1) is 0 Å². The van der Waals surface area contributed by atoms with E-state index >= 15 is 0 Å². The molecule has 1 amide bonds. The van der Waals surface area contributed by atoms with Crippen LogP contribution < -0.4 is 5.32 Å². The molecule has 3 atom stereocenters. The second-order valence-corrected chi connectivity index (χ2v) is 5.51. The first-order valence-electron chi connectivity index (χ1n) is 6.07. The van der Waals surface area contributed by atoms with Crippen LogP contribution in [0.25, 0.3) is 0 Å². The van der Waals surface area contributed by atoms with Crippen LogP contribution in [0.4, 0.5) is 4.79 Å². The lowest BCUT2D eigenvalue weighted by atomic mass is 10.1. The summed E-state index contributed by atoms with van der Waals surface area (Å²) in [4.78, 5) is 22.3.